The zero-order valence-corrected chi connectivity index (χ0v) is 8.70. The molecule has 0 fully saturated rings. The fraction of sp³-hybridized carbons (Fsp3) is 0.400. The van der Waals surface area contributed by atoms with Gasteiger partial charge in [-0.3, -0.25) is 0 Å². The summed E-state index contributed by atoms with van der Waals surface area (Å²) in [6.07, 6.45) is 0. The summed E-state index contributed by atoms with van der Waals surface area (Å²) in [4.78, 5) is 1.03. The first-order chi connectivity index (χ1) is 5.65. The smallest absolute Gasteiger partial charge is 0.0478 e. The van der Waals surface area contributed by atoms with Gasteiger partial charge in [-0.1, -0.05) is 0 Å². The lowest BCUT2D eigenvalue weighted by atomic mass is 10.1. The van der Waals surface area contributed by atoms with Crippen molar-refractivity contribution in [3.05, 3.63) is 23.3 Å². The molecule has 1 nitrogen and oxygen atoms in total. The average Bonchev–Trinajstić information content (AvgIpc) is 2.01. The van der Waals surface area contributed by atoms with Crippen LogP contribution in [0.1, 0.15) is 18.1 Å². The molecule has 66 valence electrons. The molecule has 0 atom stereocenters. The molecule has 0 aliphatic rings. The second kappa shape index (κ2) is 3.85. The normalized spacial score (nSPS) is 10.0. The second-order valence-corrected chi connectivity index (χ2v) is 3.47. The van der Waals surface area contributed by atoms with E-state index in [0.29, 0.717) is 0 Å². The minimum absolute atomic E-state index is 0.941. The number of nitrogens with one attached hydrogen (secondary N) is 1. The number of rotatable bonds is 2. The molecule has 1 aromatic rings. The molecular formula is C10H15NS. The first kappa shape index (κ1) is 9.46. The monoisotopic (exact) mass is 181 g/mol. The Morgan fingerprint density at radius 1 is 1.25 bits per heavy atom. The van der Waals surface area contributed by atoms with Crippen molar-refractivity contribution in [2.75, 3.05) is 11.9 Å². The molecule has 0 amide bonds. The van der Waals surface area contributed by atoms with Crippen molar-refractivity contribution in [2.45, 2.75) is 25.7 Å². The summed E-state index contributed by atoms with van der Waals surface area (Å²) in [6, 6.07) is 4.23. The van der Waals surface area contributed by atoms with Gasteiger partial charge >= 0.3 is 0 Å². The molecule has 0 saturated heterocycles. The van der Waals surface area contributed by atoms with E-state index >= 15 is 0 Å². The fourth-order valence-corrected chi connectivity index (χ4v) is 1.47. The van der Waals surface area contributed by atoms with Crippen molar-refractivity contribution in [2.24, 2.45) is 0 Å². The largest absolute Gasteiger partial charge is 0.384 e. The third kappa shape index (κ3) is 1.95. The zero-order chi connectivity index (χ0) is 9.14. The van der Waals surface area contributed by atoms with E-state index in [1.165, 1.54) is 11.1 Å². The van der Waals surface area contributed by atoms with Gasteiger partial charge in [0, 0.05) is 17.1 Å². The Morgan fingerprint density at radius 2 is 1.83 bits per heavy atom. The maximum Gasteiger partial charge on any atom is 0.0478 e. The summed E-state index contributed by atoms with van der Waals surface area (Å²) in [5.74, 6) is 0. The van der Waals surface area contributed by atoms with Gasteiger partial charge in [-0.2, -0.15) is 0 Å². The Bertz CT molecular complexity index is 281. The van der Waals surface area contributed by atoms with Crippen molar-refractivity contribution >= 4 is 18.3 Å². The van der Waals surface area contributed by atoms with Crippen molar-refractivity contribution < 1.29 is 0 Å². The first-order valence-corrected chi connectivity index (χ1v) is 4.64. The molecule has 0 saturated carbocycles. The molecule has 0 heterocycles. The summed E-state index contributed by atoms with van der Waals surface area (Å²) in [7, 11) is 0. The number of aryl methyl sites for hydroxylation is 2. The highest BCUT2D eigenvalue weighted by Crippen LogP contribution is 2.23. The van der Waals surface area contributed by atoms with Crippen LogP contribution in [0, 0.1) is 13.8 Å². The Balaban J connectivity index is 3.05. The summed E-state index contributed by atoms with van der Waals surface area (Å²) in [6.45, 7) is 7.24. The molecule has 1 aromatic carbocycles. The van der Waals surface area contributed by atoms with Gasteiger partial charge in [0.15, 0.2) is 0 Å². The van der Waals surface area contributed by atoms with Gasteiger partial charge in [0.05, 0.1) is 0 Å². The zero-order valence-electron chi connectivity index (χ0n) is 7.81. The van der Waals surface area contributed by atoms with Gasteiger partial charge in [-0.05, 0) is 44.0 Å². The maximum atomic E-state index is 4.39. The van der Waals surface area contributed by atoms with E-state index in [1.807, 2.05) is 0 Å². The SMILES string of the molecule is CCNc1cc(C)c(C)cc1S. The van der Waals surface area contributed by atoms with Gasteiger partial charge in [-0.15, -0.1) is 12.6 Å². The number of benzene rings is 1. The van der Waals surface area contributed by atoms with E-state index in [9.17, 15) is 0 Å². The molecule has 0 spiro atoms. The Labute approximate surface area is 79.6 Å². The molecule has 1 rings (SSSR count). The number of hydrogen-bond donors (Lipinski definition) is 2. The van der Waals surface area contributed by atoms with E-state index in [4.69, 9.17) is 0 Å². The summed E-state index contributed by atoms with van der Waals surface area (Å²) in [5, 5.41) is 3.27. The Hall–Kier alpha value is -0.630. The van der Waals surface area contributed by atoms with E-state index < -0.39 is 0 Å². The molecule has 0 aliphatic heterocycles. The molecule has 1 N–H and O–H groups in total. The standard InChI is InChI=1S/C10H15NS/c1-4-11-9-5-7(2)8(3)6-10(9)12/h5-6,11-12H,4H2,1-3H3. The van der Waals surface area contributed by atoms with Crippen LogP contribution in [0.25, 0.3) is 0 Å². The molecule has 2 heteroatoms. The third-order valence-electron chi connectivity index (χ3n) is 1.98. The van der Waals surface area contributed by atoms with Crippen LogP contribution in [0.5, 0.6) is 0 Å². The van der Waals surface area contributed by atoms with Crippen LogP contribution >= 0.6 is 12.6 Å². The van der Waals surface area contributed by atoms with Gasteiger partial charge in [0.1, 0.15) is 0 Å². The van der Waals surface area contributed by atoms with Crippen molar-refractivity contribution in [1.82, 2.24) is 0 Å². The summed E-state index contributed by atoms with van der Waals surface area (Å²) >= 11 is 4.39. The quantitative estimate of drug-likeness (QED) is 0.668. The Morgan fingerprint density at radius 3 is 2.42 bits per heavy atom. The van der Waals surface area contributed by atoms with E-state index in [2.05, 4.69) is 50.8 Å². The second-order valence-electron chi connectivity index (χ2n) is 2.98. The van der Waals surface area contributed by atoms with Gasteiger partial charge in [-0.25, -0.2) is 0 Å². The molecule has 0 bridgehead atoms. The molecule has 0 aliphatic carbocycles. The molecular weight excluding hydrogens is 166 g/mol. The average molecular weight is 181 g/mol. The van der Waals surface area contributed by atoms with Crippen molar-refractivity contribution in [3.8, 4) is 0 Å². The van der Waals surface area contributed by atoms with Crippen molar-refractivity contribution in [1.29, 1.82) is 0 Å². The minimum Gasteiger partial charge on any atom is -0.384 e. The van der Waals surface area contributed by atoms with E-state index in [1.54, 1.807) is 0 Å². The van der Waals surface area contributed by atoms with Crippen LogP contribution in [0.2, 0.25) is 0 Å². The van der Waals surface area contributed by atoms with Crippen LogP contribution in [0.3, 0.4) is 0 Å². The lowest BCUT2D eigenvalue weighted by Crippen LogP contribution is -1.98. The lowest BCUT2D eigenvalue weighted by molar-refractivity contribution is 1.17. The topological polar surface area (TPSA) is 12.0 Å². The molecule has 0 aromatic heterocycles. The van der Waals surface area contributed by atoms with Crippen molar-refractivity contribution in [3.63, 3.8) is 0 Å². The van der Waals surface area contributed by atoms with Crippen LogP contribution in [-0.2, 0) is 0 Å². The van der Waals surface area contributed by atoms with Gasteiger partial charge in [0.25, 0.3) is 0 Å². The fourth-order valence-electron chi connectivity index (χ4n) is 1.13. The third-order valence-corrected chi connectivity index (χ3v) is 2.35. The molecule has 0 radical (unpaired) electrons. The highest BCUT2D eigenvalue weighted by molar-refractivity contribution is 7.80. The number of anilines is 1. The molecule has 12 heavy (non-hydrogen) atoms. The van der Waals surface area contributed by atoms with Crippen LogP contribution in [0.4, 0.5) is 5.69 Å². The van der Waals surface area contributed by atoms with E-state index in [-0.39, 0.29) is 0 Å². The summed E-state index contributed by atoms with van der Waals surface area (Å²) < 4.78 is 0. The number of thiol groups is 1. The minimum atomic E-state index is 0.941. The first-order valence-electron chi connectivity index (χ1n) is 4.19. The highest BCUT2D eigenvalue weighted by atomic mass is 32.1. The predicted octanol–water partition coefficient (Wildman–Crippen LogP) is 3.02. The van der Waals surface area contributed by atoms with E-state index in [0.717, 1.165) is 17.1 Å². The maximum absolute atomic E-state index is 4.39. The molecule has 0 unspecified atom stereocenters. The lowest BCUT2D eigenvalue weighted by Gasteiger charge is -2.09. The van der Waals surface area contributed by atoms with Gasteiger partial charge < -0.3 is 5.32 Å². The van der Waals surface area contributed by atoms with Crippen LogP contribution in [-0.4, -0.2) is 6.54 Å². The number of hydrogen-bond acceptors (Lipinski definition) is 2. The van der Waals surface area contributed by atoms with Crippen LogP contribution in [0.15, 0.2) is 17.0 Å². The Kier molecular flexibility index (Phi) is 3.04. The summed E-state index contributed by atoms with van der Waals surface area (Å²) in [5.41, 5.74) is 3.73. The highest BCUT2D eigenvalue weighted by Gasteiger charge is 2.00. The van der Waals surface area contributed by atoms with Gasteiger partial charge in [0.2, 0.25) is 0 Å². The predicted molar refractivity (Wildman–Crippen MR) is 57.3 cm³/mol. The van der Waals surface area contributed by atoms with Crippen LogP contribution < -0.4 is 5.32 Å².